The molecule has 0 saturated carbocycles. The highest BCUT2D eigenvalue weighted by atomic mass is 16.4. The second-order valence-electron chi connectivity index (χ2n) is 6.97. The molecule has 1 atom stereocenters. The molecule has 0 unspecified atom stereocenters. The number of hydrogen-bond donors (Lipinski definition) is 3. The maximum atomic E-state index is 12.8. The lowest BCUT2D eigenvalue weighted by molar-refractivity contribution is -0.137. The Bertz CT molecular complexity index is 943. The normalized spacial score (nSPS) is 18.1. The van der Waals surface area contributed by atoms with E-state index in [1.54, 1.807) is 19.1 Å². The van der Waals surface area contributed by atoms with Crippen molar-refractivity contribution >= 4 is 23.8 Å². The van der Waals surface area contributed by atoms with Crippen molar-refractivity contribution in [3.8, 4) is 0 Å². The third-order valence-corrected chi connectivity index (χ3v) is 4.88. The first kappa shape index (κ1) is 20.1. The molecule has 8 nitrogen and oxygen atoms in total. The van der Waals surface area contributed by atoms with Crippen LogP contribution in [0.1, 0.15) is 28.4 Å². The van der Waals surface area contributed by atoms with Crippen molar-refractivity contribution in [2.24, 2.45) is 0 Å². The van der Waals surface area contributed by atoms with Crippen LogP contribution in [-0.2, 0) is 21.5 Å². The Labute approximate surface area is 167 Å². The molecule has 1 aliphatic heterocycles. The van der Waals surface area contributed by atoms with E-state index in [2.05, 4.69) is 10.6 Å². The summed E-state index contributed by atoms with van der Waals surface area (Å²) in [6.45, 7) is 1.41. The first-order chi connectivity index (χ1) is 13.8. The lowest BCUT2D eigenvalue weighted by Crippen LogP contribution is -2.40. The van der Waals surface area contributed by atoms with Crippen molar-refractivity contribution in [3.05, 3.63) is 71.3 Å². The third kappa shape index (κ3) is 4.43. The number of carboxylic acids is 1. The second kappa shape index (κ2) is 8.14. The number of nitrogens with one attached hydrogen (secondary N) is 2. The predicted octanol–water partition coefficient (Wildman–Crippen LogP) is 1.51. The molecule has 29 heavy (non-hydrogen) atoms. The number of nitrogens with zero attached hydrogens (tertiary/aromatic N) is 1. The van der Waals surface area contributed by atoms with Crippen LogP contribution in [0, 0.1) is 0 Å². The quantitative estimate of drug-likeness (QED) is 0.615. The minimum atomic E-state index is -1.22. The van der Waals surface area contributed by atoms with Gasteiger partial charge >= 0.3 is 12.0 Å². The van der Waals surface area contributed by atoms with Gasteiger partial charge in [0.25, 0.3) is 11.8 Å². The van der Waals surface area contributed by atoms with Crippen molar-refractivity contribution in [2.75, 3.05) is 13.1 Å². The summed E-state index contributed by atoms with van der Waals surface area (Å²) in [5.74, 6) is -1.99. The standard InChI is InChI=1S/C21H21N3O5/c1-21(19(28)22-20(29)23-21)16-9-7-15(8-10-16)18(27)24(13-17(25)26)12-11-14-5-3-2-4-6-14/h2-10H,11-13H2,1H3,(H,25,26)(H2,22,23,28,29)/t21-/m0/s1. The highest BCUT2D eigenvalue weighted by Crippen LogP contribution is 2.24. The van der Waals surface area contributed by atoms with Crippen molar-refractivity contribution in [1.29, 1.82) is 0 Å². The zero-order valence-electron chi connectivity index (χ0n) is 15.8. The Kier molecular flexibility index (Phi) is 5.63. The molecule has 3 N–H and O–H groups in total. The van der Waals surface area contributed by atoms with Crippen LogP contribution in [0.25, 0.3) is 0 Å². The van der Waals surface area contributed by atoms with E-state index in [1.165, 1.54) is 17.0 Å². The van der Waals surface area contributed by atoms with E-state index >= 15 is 0 Å². The Hall–Kier alpha value is -3.68. The molecule has 1 fully saturated rings. The van der Waals surface area contributed by atoms with Gasteiger partial charge in [0.1, 0.15) is 12.1 Å². The van der Waals surface area contributed by atoms with Gasteiger partial charge in [-0.1, -0.05) is 42.5 Å². The van der Waals surface area contributed by atoms with E-state index in [0.717, 1.165) is 5.56 Å². The van der Waals surface area contributed by atoms with Crippen LogP contribution >= 0.6 is 0 Å². The van der Waals surface area contributed by atoms with Crippen LogP contribution in [0.2, 0.25) is 0 Å². The molecular weight excluding hydrogens is 374 g/mol. The SMILES string of the molecule is C[C@@]1(c2ccc(C(=O)N(CCc3ccccc3)CC(=O)O)cc2)NC(=O)NC1=O. The molecule has 1 aliphatic rings. The minimum Gasteiger partial charge on any atom is -0.480 e. The summed E-state index contributed by atoms with van der Waals surface area (Å²) in [5.41, 5.74) is 0.608. The van der Waals surface area contributed by atoms with Gasteiger partial charge in [-0.05, 0) is 36.6 Å². The molecule has 1 saturated heterocycles. The van der Waals surface area contributed by atoms with E-state index < -0.39 is 35.9 Å². The predicted molar refractivity (Wildman–Crippen MR) is 104 cm³/mol. The Balaban J connectivity index is 1.76. The van der Waals surface area contributed by atoms with E-state index in [0.29, 0.717) is 17.5 Å². The molecule has 0 aliphatic carbocycles. The maximum Gasteiger partial charge on any atom is 0.323 e. The van der Waals surface area contributed by atoms with Gasteiger partial charge in [0.2, 0.25) is 0 Å². The van der Waals surface area contributed by atoms with Crippen LogP contribution in [-0.4, -0.2) is 46.9 Å². The molecule has 1 heterocycles. The van der Waals surface area contributed by atoms with Gasteiger partial charge in [-0.15, -0.1) is 0 Å². The van der Waals surface area contributed by atoms with Gasteiger partial charge in [-0.2, -0.15) is 0 Å². The molecule has 0 radical (unpaired) electrons. The van der Waals surface area contributed by atoms with E-state index in [1.807, 2.05) is 30.3 Å². The number of hydrogen-bond acceptors (Lipinski definition) is 4. The minimum absolute atomic E-state index is 0.257. The maximum absolute atomic E-state index is 12.8. The van der Waals surface area contributed by atoms with E-state index in [9.17, 15) is 24.3 Å². The van der Waals surface area contributed by atoms with Gasteiger partial charge in [0, 0.05) is 12.1 Å². The number of carbonyl (C=O) groups excluding carboxylic acids is 3. The van der Waals surface area contributed by atoms with E-state index in [4.69, 9.17) is 0 Å². The van der Waals surface area contributed by atoms with Crippen molar-refractivity contribution in [2.45, 2.75) is 18.9 Å². The van der Waals surface area contributed by atoms with Gasteiger partial charge in [-0.3, -0.25) is 19.7 Å². The fourth-order valence-electron chi connectivity index (χ4n) is 3.20. The Morgan fingerprint density at radius 3 is 2.24 bits per heavy atom. The first-order valence-corrected chi connectivity index (χ1v) is 9.09. The number of aliphatic carboxylic acids is 1. The van der Waals surface area contributed by atoms with Crippen LogP contribution in [0.5, 0.6) is 0 Å². The number of carbonyl (C=O) groups is 4. The summed E-state index contributed by atoms with van der Waals surface area (Å²) >= 11 is 0. The first-order valence-electron chi connectivity index (χ1n) is 9.09. The van der Waals surface area contributed by atoms with Crippen molar-refractivity contribution < 1.29 is 24.3 Å². The lowest BCUT2D eigenvalue weighted by atomic mass is 9.91. The van der Waals surface area contributed by atoms with Crippen LogP contribution in [0.3, 0.4) is 0 Å². The number of imide groups is 1. The van der Waals surface area contributed by atoms with Crippen molar-refractivity contribution in [3.63, 3.8) is 0 Å². The second-order valence-corrected chi connectivity index (χ2v) is 6.97. The van der Waals surface area contributed by atoms with Crippen molar-refractivity contribution in [1.82, 2.24) is 15.5 Å². The van der Waals surface area contributed by atoms with Gasteiger partial charge in [-0.25, -0.2) is 4.79 Å². The summed E-state index contributed by atoms with van der Waals surface area (Å²) in [6, 6.07) is 15.1. The summed E-state index contributed by atoms with van der Waals surface area (Å²) < 4.78 is 0. The lowest BCUT2D eigenvalue weighted by Gasteiger charge is -2.23. The Morgan fingerprint density at radius 2 is 1.69 bits per heavy atom. The molecule has 2 aromatic carbocycles. The molecule has 0 bridgehead atoms. The third-order valence-electron chi connectivity index (χ3n) is 4.88. The van der Waals surface area contributed by atoms with Gasteiger partial charge < -0.3 is 15.3 Å². The van der Waals surface area contributed by atoms with Gasteiger partial charge in [0.05, 0.1) is 0 Å². The molecule has 0 aromatic heterocycles. The van der Waals surface area contributed by atoms with Crippen LogP contribution in [0.15, 0.2) is 54.6 Å². The number of amides is 4. The summed E-state index contributed by atoms with van der Waals surface area (Å²) in [6.07, 6.45) is 0.530. The fourth-order valence-corrected chi connectivity index (χ4v) is 3.20. The average Bonchev–Trinajstić information content (AvgIpc) is 2.97. The summed E-state index contributed by atoms with van der Waals surface area (Å²) in [7, 11) is 0. The Morgan fingerprint density at radius 1 is 1.03 bits per heavy atom. The number of carboxylic acid groups (broad SMARTS) is 1. The zero-order chi connectivity index (χ0) is 21.0. The van der Waals surface area contributed by atoms with Gasteiger partial charge in [0.15, 0.2) is 0 Å². The van der Waals surface area contributed by atoms with Crippen LogP contribution < -0.4 is 10.6 Å². The monoisotopic (exact) mass is 395 g/mol. The summed E-state index contributed by atoms with van der Waals surface area (Å²) in [5, 5.41) is 13.9. The van der Waals surface area contributed by atoms with Crippen LogP contribution in [0.4, 0.5) is 4.79 Å². The zero-order valence-corrected chi connectivity index (χ0v) is 15.8. The molecule has 2 aromatic rings. The molecule has 8 heteroatoms. The average molecular weight is 395 g/mol. The molecule has 150 valence electrons. The molecule has 3 rings (SSSR count). The highest BCUT2D eigenvalue weighted by Gasteiger charge is 2.43. The number of urea groups is 1. The molecule has 0 spiro atoms. The van der Waals surface area contributed by atoms with E-state index in [-0.39, 0.29) is 6.54 Å². The molecular formula is C21H21N3O5. The number of benzene rings is 2. The molecule has 4 amide bonds. The highest BCUT2D eigenvalue weighted by molar-refractivity contribution is 6.07. The fraction of sp³-hybridized carbons (Fsp3) is 0.238. The number of rotatable bonds is 7. The largest absolute Gasteiger partial charge is 0.480 e. The summed E-state index contributed by atoms with van der Waals surface area (Å²) in [4.78, 5) is 48.8. The smallest absolute Gasteiger partial charge is 0.323 e. The topological polar surface area (TPSA) is 116 Å².